The maximum atomic E-state index is 13.8. The number of fused-ring (bicyclic) bond motifs is 1. The summed E-state index contributed by atoms with van der Waals surface area (Å²) in [5.41, 5.74) is 1.56. The standard InChI is InChI=1S/C23H20F3N3O2/c24-16-5-1-13(2-6-16)21-28-20-10-4-14(3-8-18(20)23(31)29-21)22(30)27-12-15-11-17(25)7-9-19(15)26/h1-2,5-7,9,11,14H,3-4,8,10,12H2,(H,27,30)(H,28,29,31). The van der Waals surface area contributed by atoms with E-state index in [9.17, 15) is 22.8 Å². The molecule has 1 atom stereocenters. The van der Waals surface area contributed by atoms with Gasteiger partial charge in [-0.05, 0) is 68.1 Å². The number of carbonyl (C=O) groups is 1. The second kappa shape index (κ2) is 8.75. The zero-order valence-electron chi connectivity index (χ0n) is 16.6. The van der Waals surface area contributed by atoms with Crippen molar-refractivity contribution in [2.24, 2.45) is 5.92 Å². The Hall–Kier alpha value is -3.42. The predicted octanol–water partition coefficient (Wildman–Crippen LogP) is 3.67. The minimum absolute atomic E-state index is 0.0762. The SMILES string of the molecule is O=C(NCc1cc(F)ccc1F)C1CCc2nc(-c3ccc(F)cc3)[nH]c(=O)c2CC1. The first kappa shape index (κ1) is 20.8. The lowest BCUT2D eigenvalue weighted by atomic mass is 9.98. The van der Waals surface area contributed by atoms with E-state index in [-0.39, 0.29) is 35.3 Å². The number of nitrogens with one attached hydrogen (secondary N) is 2. The third-order valence-electron chi connectivity index (χ3n) is 5.52. The lowest BCUT2D eigenvalue weighted by Crippen LogP contribution is -2.31. The van der Waals surface area contributed by atoms with E-state index >= 15 is 0 Å². The molecule has 1 aliphatic rings. The fourth-order valence-corrected chi connectivity index (χ4v) is 3.80. The van der Waals surface area contributed by atoms with Crippen molar-refractivity contribution in [3.63, 3.8) is 0 Å². The van der Waals surface area contributed by atoms with Crippen LogP contribution in [0.25, 0.3) is 11.4 Å². The summed E-state index contributed by atoms with van der Waals surface area (Å²) >= 11 is 0. The molecule has 2 aromatic carbocycles. The summed E-state index contributed by atoms with van der Waals surface area (Å²) in [5, 5.41) is 2.66. The van der Waals surface area contributed by atoms with E-state index in [4.69, 9.17) is 0 Å². The van der Waals surface area contributed by atoms with E-state index in [1.807, 2.05) is 0 Å². The van der Waals surface area contributed by atoms with Crippen molar-refractivity contribution >= 4 is 5.91 Å². The average molecular weight is 427 g/mol. The molecule has 4 rings (SSSR count). The zero-order valence-corrected chi connectivity index (χ0v) is 16.6. The smallest absolute Gasteiger partial charge is 0.254 e. The second-order valence-corrected chi connectivity index (χ2v) is 7.57. The predicted molar refractivity (Wildman–Crippen MR) is 109 cm³/mol. The van der Waals surface area contributed by atoms with E-state index in [1.165, 1.54) is 12.1 Å². The number of amides is 1. The van der Waals surface area contributed by atoms with Crippen LogP contribution in [-0.4, -0.2) is 15.9 Å². The average Bonchev–Trinajstić information content (AvgIpc) is 2.98. The molecule has 0 bridgehead atoms. The first-order valence-corrected chi connectivity index (χ1v) is 10.0. The highest BCUT2D eigenvalue weighted by atomic mass is 19.1. The number of aromatic amines is 1. The summed E-state index contributed by atoms with van der Waals surface area (Å²) in [6.45, 7) is -0.112. The van der Waals surface area contributed by atoms with Gasteiger partial charge in [-0.3, -0.25) is 9.59 Å². The zero-order chi connectivity index (χ0) is 22.0. The summed E-state index contributed by atoms with van der Waals surface area (Å²) < 4.78 is 40.2. The monoisotopic (exact) mass is 427 g/mol. The molecule has 3 aromatic rings. The Kier molecular flexibility index (Phi) is 5.88. The molecule has 2 N–H and O–H groups in total. The largest absolute Gasteiger partial charge is 0.352 e. The van der Waals surface area contributed by atoms with Gasteiger partial charge in [-0.25, -0.2) is 18.2 Å². The molecule has 0 radical (unpaired) electrons. The van der Waals surface area contributed by atoms with Gasteiger partial charge < -0.3 is 10.3 Å². The van der Waals surface area contributed by atoms with Crippen LogP contribution >= 0.6 is 0 Å². The number of rotatable bonds is 4. The maximum absolute atomic E-state index is 13.8. The van der Waals surface area contributed by atoms with Crippen LogP contribution in [0.3, 0.4) is 0 Å². The van der Waals surface area contributed by atoms with E-state index in [0.29, 0.717) is 48.3 Å². The van der Waals surface area contributed by atoms with Crippen LogP contribution in [-0.2, 0) is 24.2 Å². The molecule has 0 fully saturated rings. The van der Waals surface area contributed by atoms with Gasteiger partial charge in [0.1, 0.15) is 23.3 Å². The van der Waals surface area contributed by atoms with E-state index in [0.717, 1.165) is 18.2 Å². The van der Waals surface area contributed by atoms with Gasteiger partial charge in [-0.2, -0.15) is 0 Å². The number of nitrogens with zero attached hydrogens (tertiary/aromatic N) is 1. The van der Waals surface area contributed by atoms with Gasteiger partial charge in [0.05, 0.1) is 5.69 Å². The molecule has 160 valence electrons. The lowest BCUT2D eigenvalue weighted by molar-refractivity contribution is -0.125. The normalized spacial score (nSPS) is 15.8. The van der Waals surface area contributed by atoms with E-state index in [2.05, 4.69) is 15.3 Å². The minimum atomic E-state index is -0.584. The van der Waals surface area contributed by atoms with Crippen LogP contribution in [0.5, 0.6) is 0 Å². The van der Waals surface area contributed by atoms with Gasteiger partial charge in [-0.15, -0.1) is 0 Å². The number of H-pyrrole nitrogens is 1. The number of hydrogen-bond acceptors (Lipinski definition) is 3. The fraction of sp³-hybridized carbons (Fsp3) is 0.261. The Balaban J connectivity index is 1.46. The summed E-state index contributed by atoms with van der Waals surface area (Å²) in [7, 11) is 0. The number of halogens is 3. The van der Waals surface area contributed by atoms with Gasteiger partial charge in [0, 0.05) is 29.2 Å². The molecule has 0 spiro atoms. The fourth-order valence-electron chi connectivity index (χ4n) is 3.80. The maximum Gasteiger partial charge on any atom is 0.254 e. The third-order valence-corrected chi connectivity index (χ3v) is 5.52. The molecule has 1 heterocycles. The highest BCUT2D eigenvalue weighted by molar-refractivity contribution is 5.78. The number of benzene rings is 2. The summed E-state index contributed by atoms with van der Waals surface area (Å²) in [6, 6.07) is 8.77. The Labute approximate surface area is 176 Å². The molecule has 31 heavy (non-hydrogen) atoms. The number of aryl methyl sites for hydroxylation is 1. The minimum Gasteiger partial charge on any atom is -0.352 e. The third kappa shape index (κ3) is 4.68. The molecule has 1 unspecified atom stereocenters. The van der Waals surface area contributed by atoms with E-state index in [1.54, 1.807) is 12.1 Å². The molecule has 1 aromatic heterocycles. The lowest BCUT2D eigenvalue weighted by Gasteiger charge is -2.14. The number of carbonyl (C=O) groups excluding carboxylic acids is 1. The Bertz CT molecular complexity index is 1180. The van der Waals surface area contributed by atoms with Gasteiger partial charge >= 0.3 is 0 Å². The van der Waals surface area contributed by atoms with Crippen molar-refractivity contribution in [3.05, 3.63) is 87.1 Å². The summed E-state index contributed by atoms with van der Waals surface area (Å²) in [4.78, 5) is 32.5. The Morgan fingerprint density at radius 2 is 1.74 bits per heavy atom. The summed E-state index contributed by atoms with van der Waals surface area (Å²) in [6.07, 6.45) is 1.74. The van der Waals surface area contributed by atoms with E-state index < -0.39 is 11.6 Å². The molecule has 5 nitrogen and oxygen atoms in total. The quantitative estimate of drug-likeness (QED) is 0.624. The molecule has 0 saturated heterocycles. The topological polar surface area (TPSA) is 74.8 Å². The van der Waals surface area contributed by atoms with Crippen molar-refractivity contribution < 1.29 is 18.0 Å². The van der Waals surface area contributed by atoms with Gasteiger partial charge in [0.15, 0.2) is 0 Å². The first-order valence-electron chi connectivity index (χ1n) is 10.0. The van der Waals surface area contributed by atoms with Gasteiger partial charge in [0.25, 0.3) is 5.56 Å². The van der Waals surface area contributed by atoms with Crippen LogP contribution in [0.4, 0.5) is 13.2 Å². The molecule has 1 amide bonds. The van der Waals surface area contributed by atoms with Crippen LogP contribution in [0.15, 0.2) is 47.3 Å². The molecule has 8 heteroatoms. The molecular weight excluding hydrogens is 407 g/mol. The van der Waals surface area contributed by atoms with Gasteiger partial charge in [-0.1, -0.05) is 0 Å². The van der Waals surface area contributed by atoms with Crippen LogP contribution < -0.4 is 10.9 Å². The van der Waals surface area contributed by atoms with Crippen molar-refractivity contribution in [3.8, 4) is 11.4 Å². The van der Waals surface area contributed by atoms with Crippen LogP contribution in [0, 0.1) is 23.4 Å². The summed E-state index contributed by atoms with van der Waals surface area (Å²) in [5.74, 6) is -1.83. The Morgan fingerprint density at radius 1 is 1.03 bits per heavy atom. The highest BCUT2D eigenvalue weighted by Gasteiger charge is 2.25. The number of aromatic nitrogens is 2. The van der Waals surface area contributed by atoms with Crippen molar-refractivity contribution in [1.29, 1.82) is 0 Å². The second-order valence-electron chi connectivity index (χ2n) is 7.57. The molecule has 1 aliphatic carbocycles. The van der Waals surface area contributed by atoms with Crippen molar-refractivity contribution in [1.82, 2.24) is 15.3 Å². The van der Waals surface area contributed by atoms with Crippen molar-refractivity contribution in [2.75, 3.05) is 0 Å². The molecule has 0 saturated carbocycles. The van der Waals surface area contributed by atoms with Crippen molar-refractivity contribution in [2.45, 2.75) is 32.2 Å². The molecular formula is C23H20F3N3O2. The van der Waals surface area contributed by atoms with Gasteiger partial charge in [0.2, 0.25) is 5.91 Å². The highest BCUT2D eigenvalue weighted by Crippen LogP contribution is 2.24. The first-order chi connectivity index (χ1) is 14.9. The number of hydrogen-bond donors (Lipinski definition) is 2. The molecule has 0 aliphatic heterocycles. The van der Waals surface area contributed by atoms with Crippen LogP contribution in [0.1, 0.15) is 29.7 Å². The Morgan fingerprint density at radius 3 is 2.52 bits per heavy atom. The van der Waals surface area contributed by atoms with Crippen LogP contribution in [0.2, 0.25) is 0 Å².